The molecule has 2 aliphatic carbocycles. The quantitative estimate of drug-likeness (QED) is 0.180. The predicted octanol–water partition coefficient (Wildman–Crippen LogP) is 12.5. The summed E-state index contributed by atoms with van der Waals surface area (Å²) in [5.41, 5.74) is 13.8. The van der Waals surface area contributed by atoms with Crippen LogP contribution >= 0.6 is 0 Å². The minimum absolute atomic E-state index is 0.0223. The Kier molecular flexibility index (Phi) is 7.74. The molecule has 0 aliphatic heterocycles. The first kappa shape index (κ1) is 32.0. The van der Waals surface area contributed by atoms with Gasteiger partial charge in [0.2, 0.25) is 0 Å². The van der Waals surface area contributed by atoms with Crippen LogP contribution in [0.4, 0.5) is 0 Å². The van der Waals surface area contributed by atoms with Crippen molar-refractivity contribution in [1.82, 2.24) is 15.0 Å². The Morgan fingerprint density at radius 3 is 1.46 bits per heavy atom. The number of aromatic nitrogens is 3. The van der Waals surface area contributed by atoms with Crippen molar-refractivity contribution in [1.29, 1.82) is 5.26 Å². The van der Waals surface area contributed by atoms with Gasteiger partial charge in [-0.1, -0.05) is 159 Å². The minimum atomic E-state index is -0.0223. The minimum Gasteiger partial charge on any atom is -0.208 e. The molecule has 54 heavy (non-hydrogen) atoms. The fourth-order valence-corrected chi connectivity index (χ4v) is 8.98. The number of nitrogens with zero attached hydrogens (tertiary/aromatic N) is 4. The standard InChI is InChI=1S/C50H36N4/c51-32-33-20-26-43-44-27-25-38(31-46(44)50(45(43)30-33)28-8-3-9-29-50)40-17-11-18-41-39(16-10-19-42(40)41)34-21-23-37(24-22-34)49-53-47(35-12-4-1-5-13-35)52-48(54-49)36-14-6-2-7-15-36/h1-2,4-7,10-27,30-31H,3,8-9,28-29H2. The molecule has 1 spiro atoms. The molecule has 4 heteroatoms. The second-order valence-corrected chi connectivity index (χ2v) is 14.6. The lowest BCUT2D eigenvalue weighted by atomic mass is 9.67. The van der Waals surface area contributed by atoms with Crippen LogP contribution in [0.1, 0.15) is 48.8 Å². The van der Waals surface area contributed by atoms with Gasteiger partial charge in [0.15, 0.2) is 17.5 Å². The van der Waals surface area contributed by atoms with Gasteiger partial charge >= 0.3 is 0 Å². The summed E-state index contributed by atoms with van der Waals surface area (Å²) >= 11 is 0. The van der Waals surface area contributed by atoms with E-state index in [9.17, 15) is 5.26 Å². The van der Waals surface area contributed by atoms with E-state index in [-0.39, 0.29) is 5.41 Å². The molecule has 8 aromatic rings. The third-order valence-corrected chi connectivity index (χ3v) is 11.6. The number of hydrogen-bond acceptors (Lipinski definition) is 4. The van der Waals surface area contributed by atoms with E-state index in [1.807, 2.05) is 66.7 Å². The molecule has 7 aromatic carbocycles. The molecule has 1 aromatic heterocycles. The van der Waals surface area contributed by atoms with Gasteiger partial charge < -0.3 is 0 Å². The van der Waals surface area contributed by atoms with E-state index in [0.717, 1.165) is 40.7 Å². The normalized spacial score (nSPS) is 14.1. The molecule has 0 bridgehead atoms. The fourth-order valence-electron chi connectivity index (χ4n) is 8.98. The lowest BCUT2D eigenvalue weighted by molar-refractivity contribution is 0.353. The van der Waals surface area contributed by atoms with Gasteiger partial charge in [-0.2, -0.15) is 5.26 Å². The Balaban J connectivity index is 1.04. The molecule has 0 saturated heterocycles. The zero-order valence-electron chi connectivity index (χ0n) is 29.8. The van der Waals surface area contributed by atoms with Crippen LogP contribution in [-0.4, -0.2) is 15.0 Å². The topological polar surface area (TPSA) is 62.5 Å². The van der Waals surface area contributed by atoms with Crippen molar-refractivity contribution in [2.75, 3.05) is 0 Å². The van der Waals surface area contributed by atoms with Crippen LogP contribution in [0, 0.1) is 11.3 Å². The predicted molar refractivity (Wildman–Crippen MR) is 219 cm³/mol. The summed E-state index contributed by atoms with van der Waals surface area (Å²) in [6.07, 6.45) is 5.97. The Labute approximate surface area is 315 Å². The van der Waals surface area contributed by atoms with Crippen molar-refractivity contribution >= 4 is 10.8 Å². The molecule has 1 heterocycles. The summed E-state index contributed by atoms with van der Waals surface area (Å²) < 4.78 is 0. The molecule has 1 fully saturated rings. The highest BCUT2D eigenvalue weighted by Crippen LogP contribution is 2.56. The smallest absolute Gasteiger partial charge is 0.164 e. The van der Waals surface area contributed by atoms with Crippen molar-refractivity contribution < 1.29 is 0 Å². The Morgan fingerprint density at radius 1 is 0.407 bits per heavy atom. The second kappa shape index (κ2) is 13.1. The van der Waals surface area contributed by atoms with Crippen molar-refractivity contribution in [2.24, 2.45) is 0 Å². The first-order valence-corrected chi connectivity index (χ1v) is 18.9. The highest BCUT2D eigenvalue weighted by atomic mass is 15.0. The van der Waals surface area contributed by atoms with E-state index in [1.165, 1.54) is 69.0 Å². The number of rotatable bonds is 5. The Bertz CT molecular complexity index is 2680. The summed E-state index contributed by atoms with van der Waals surface area (Å²) in [5, 5.41) is 12.2. The van der Waals surface area contributed by atoms with Crippen molar-refractivity contribution in [3.05, 3.63) is 174 Å². The van der Waals surface area contributed by atoms with Crippen LogP contribution in [-0.2, 0) is 5.41 Å². The van der Waals surface area contributed by atoms with E-state index >= 15 is 0 Å². The Hall–Kier alpha value is -6.70. The molecule has 2 aliphatic rings. The van der Waals surface area contributed by atoms with Gasteiger partial charge in [0, 0.05) is 22.1 Å². The fraction of sp³-hybridized carbons (Fsp3) is 0.120. The lowest BCUT2D eigenvalue weighted by Crippen LogP contribution is -2.28. The van der Waals surface area contributed by atoms with Crippen LogP contribution in [0.5, 0.6) is 0 Å². The van der Waals surface area contributed by atoms with Gasteiger partial charge in [-0.15, -0.1) is 0 Å². The molecule has 0 radical (unpaired) electrons. The average Bonchev–Trinajstić information content (AvgIpc) is 3.51. The molecule has 256 valence electrons. The van der Waals surface area contributed by atoms with Crippen LogP contribution in [0.3, 0.4) is 0 Å². The monoisotopic (exact) mass is 692 g/mol. The van der Waals surface area contributed by atoms with Crippen LogP contribution in [0.25, 0.3) is 78.3 Å². The number of hydrogen-bond donors (Lipinski definition) is 0. The van der Waals surface area contributed by atoms with Crippen molar-refractivity contribution in [2.45, 2.75) is 37.5 Å². The molecule has 10 rings (SSSR count). The van der Waals surface area contributed by atoms with Crippen molar-refractivity contribution in [3.63, 3.8) is 0 Å². The first-order valence-electron chi connectivity index (χ1n) is 18.9. The lowest BCUT2D eigenvalue weighted by Gasteiger charge is -2.36. The maximum Gasteiger partial charge on any atom is 0.164 e. The van der Waals surface area contributed by atoms with Gasteiger partial charge in [0.1, 0.15) is 0 Å². The Morgan fingerprint density at radius 2 is 0.889 bits per heavy atom. The third kappa shape index (κ3) is 5.32. The summed E-state index contributed by atoms with van der Waals surface area (Å²) in [6.45, 7) is 0. The highest BCUT2D eigenvalue weighted by molar-refractivity contribution is 6.05. The van der Waals surface area contributed by atoms with Gasteiger partial charge in [-0.05, 0) is 86.3 Å². The van der Waals surface area contributed by atoms with E-state index in [4.69, 9.17) is 15.0 Å². The van der Waals surface area contributed by atoms with Gasteiger partial charge in [-0.3, -0.25) is 0 Å². The van der Waals surface area contributed by atoms with Crippen LogP contribution in [0.2, 0.25) is 0 Å². The molecule has 0 amide bonds. The zero-order valence-corrected chi connectivity index (χ0v) is 29.8. The van der Waals surface area contributed by atoms with E-state index < -0.39 is 0 Å². The van der Waals surface area contributed by atoms with Crippen LogP contribution < -0.4 is 0 Å². The molecule has 0 unspecified atom stereocenters. The van der Waals surface area contributed by atoms with E-state index in [2.05, 4.69) is 97.1 Å². The zero-order chi connectivity index (χ0) is 36.1. The molecular formula is C50H36N4. The molecule has 0 N–H and O–H groups in total. The summed E-state index contributed by atoms with van der Waals surface area (Å²) in [7, 11) is 0. The highest BCUT2D eigenvalue weighted by Gasteiger charge is 2.44. The first-order chi connectivity index (χ1) is 26.7. The van der Waals surface area contributed by atoms with Gasteiger partial charge in [0.05, 0.1) is 11.6 Å². The van der Waals surface area contributed by atoms with Crippen molar-refractivity contribution in [3.8, 4) is 73.6 Å². The molecule has 1 saturated carbocycles. The van der Waals surface area contributed by atoms with E-state index in [1.54, 1.807) is 0 Å². The maximum atomic E-state index is 9.78. The summed E-state index contributed by atoms with van der Waals surface area (Å²) in [6, 6.07) is 57.9. The largest absolute Gasteiger partial charge is 0.208 e. The van der Waals surface area contributed by atoms with Gasteiger partial charge in [0.25, 0.3) is 0 Å². The maximum absolute atomic E-state index is 9.78. The average molecular weight is 693 g/mol. The number of fused-ring (bicyclic) bond motifs is 6. The summed E-state index contributed by atoms with van der Waals surface area (Å²) in [5.74, 6) is 1.96. The number of benzene rings is 7. The van der Waals surface area contributed by atoms with E-state index in [0.29, 0.717) is 17.5 Å². The summed E-state index contributed by atoms with van der Waals surface area (Å²) in [4.78, 5) is 14.7. The van der Waals surface area contributed by atoms with Gasteiger partial charge in [-0.25, -0.2) is 15.0 Å². The van der Waals surface area contributed by atoms with Crippen LogP contribution in [0.15, 0.2) is 158 Å². The number of nitriles is 1. The third-order valence-electron chi connectivity index (χ3n) is 11.6. The molecule has 0 atom stereocenters. The second-order valence-electron chi connectivity index (χ2n) is 14.6. The molecular weight excluding hydrogens is 657 g/mol. The molecule has 4 nitrogen and oxygen atoms in total. The SMILES string of the molecule is N#Cc1ccc2c(c1)C1(CCCCC1)c1cc(-c3cccc4c(-c5ccc(-c6nc(-c7ccccc7)nc(-c7ccccc7)n6)cc5)cccc34)ccc1-2.